The van der Waals surface area contributed by atoms with Crippen molar-refractivity contribution in [3.8, 4) is 0 Å². The number of carboxylic acids is 1. The van der Waals surface area contributed by atoms with Crippen LogP contribution in [0.25, 0.3) is 5.65 Å². The van der Waals surface area contributed by atoms with Gasteiger partial charge in [-0.15, -0.1) is 0 Å². The van der Waals surface area contributed by atoms with Crippen molar-refractivity contribution in [2.45, 2.75) is 11.5 Å². The Bertz CT molecular complexity index is 658. The van der Waals surface area contributed by atoms with Crippen molar-refractivity contribution in [3.63, 3.8) is 0 Å². The molecule has 0 amide bonds. The summed E-state index contributed by atoms with van der Waals surface area (Å²) in [5.74, 6) is 0.260. The smallest absolute Gasteiger partial charge is 0.341 e. The lowest BCUT2D eigenvalue weighted by Gasteiger charge is -2.01. The van der Waals surface area contributed by atoms with Gasteiger partial charge in [-0.05, 0) is 0 Å². The maximum Gasteiger partial charge on any atom is 0.341 e. The van der Waals surface area contributed by atoms with Crippen LogP contribution in [0.15, 0.2) is 11.0 Å². The van der Waals surface area contributed by atoms with E-state index in [1.54, 1.807) is 11.8 Å². The van der Waals surface area contributed by atoms with Crippen LogP contribution in [0.4, 0.5) is 0 Å². The average molecular weight is 237 g/mol. The molecule has 0 spiro atoms. The van der Waals surface area contributed by atoms with E-state index in [1.165, 1.54) is 10.7 Å². The Morgan fingerprint density at radius 3 is 3.12 bits per heavy atom. The minimum atomic E-state index is -1.09. The van der Waals surface area contributed by atoms with E-state index in [9.17, 15) is 9.59 Å². The quantitative estimate of drug-likeness (QED) is 0.752. The van der Waals surface area contributed by atoms with Crippen molar-refractivity contribution in [2.24, 2.45) is 0 Å². The molecule has 0 saturated heterocycles. The number of thioether (sulfide) groups is 1. The van der Waals surface area contributed by atoms with Gasteiger partial charge < -0.3 is 10.1 Å². The summed E-state index contributed by atoms with van der Waals surface area (Å²) < 4.78 is 1.51. The van der Waals surface area contributed by atoms with Crippen molar-refractivity contribution in [1.82, 2.24) is 14.6 Å². The summed E-state index contributed by atoms with van der Waals surface area (Å²) in [6.07, 6.45) is 1.26. The molecule has 0 atom stereocenters. The molecule has 1 aliphatic heterocycles. The monoisotopic (exact) mass is 237 g/mol. The molecular weight excluding hydrogens is 230 g/mol. The number of carbonyl (C=O) groups is 1. The first kappa shape index (κ1) is 9.46. The van der Waals surface area contributed by atoms with Gasteiger partial charge in [-0.25, -0.2) is 9.31 Å². The molecule has 0 unspecified atom stereocenters. The van der Waals surface area contributed by atoms with E-state index in [4.69, 9.17) is 5.11 Å². The highest BCUT2D eigenvalue weighted by molar-refractivity contribution is 7.98. The van der Waals surface area contributed by atoms with Crippen molar-refractivity contribution in [3.05, 3.63) is 33.4 Å². The molecule has 2 aromatic heterocycles. The molecule has 2 aromatic rings. The third kappa shape index (κ3) is 1.12. The molecule has 16 heavy (non-hydrogen) atoms. The van der Waals surface area contributed by atoms with Crippen LogP contribution < -0.4 is 5.56 Å². The zero-order valence-corrected chi connectivity index (χ0v) is 8.87. The fraction of sp³-hybridized carbons (Fsp3) is 0.222. The molecule has 1 aliphatic rings. The zero-order valence-electron chi connectivity index (χ0n) is 8.06. The summed E-state index contributed by atoms with van der Waals surface area (Å²) in [4.78, 5) is 25.2. The molecule has 7 heteroatoms. The molecule has 0 aliphatic carbocycles. The number of rotatable bonds is 1. The third-order valence-electron chi connectivity index (χ3n) is 2.59. The molecule has 0 aromatic carbocycles. The summed E-state index contributed by atoms with van der Waals surface area (Å²) >= 11 is 1.62. The van der Waals surface area contributed by atoms with Gasteiger partial charge in [-0.1, -0.05) is 0 Å². The van der Waals surface area contributed by atoms with E-state index in [0.717, 1.165) is 5.69 Å². The van der Waals surface area contributed by atoms with Crippen LogP contribution in [0.5, 0.6) is 0 Å². The Balaban J connectivity index is 2.45. The van der Waals surface area contributed by atoms with E-state index in [0.29, 0.717) is 17.1 Å². The van der Waals surface area contributed by atoms with Crippen LogP contribution in [-0.2, 0) is 11.5 Å². The van der Waals surface area contributed by atoms with Gasteiger partial charge in [0.25, 0.3) is 5.56 Å². The summed E-state index contributed by atoms with van der Waals surface area (Å²) in [6, 6.07) is 0. The Kier molecular flexibility index (Phi) is 1.84. The maximum absolute atomic E-state index is 11.7. The minimum Gasteiger partial charge on any atom is -0.477 e. The largest absolute Gasteiger partial charge is 0.477 e. The Hall–Kier alpha value is -1.76. The fourth-order valence-electron chi connectivity index (χ4n) is 1.82. The van der Waals surface area contributed by atoms with Gasteiger partial charge >= 0.3 is 5.97 Å². The molecule has 0 fully saturated rings. The third-order valence-corrected chi connectivity index (χ3v) is 3.57. The van der Waals surface area contributed by atoms with Crippen LogP contribution in [-0.4, -0.2) is 25.7 Å². The number of nitrogens with zero attached hydrogens (tertiary/aromatic N) is 2. The molecule has 0 bridgehead atoms. The highest BCUT2D eigenvalue weighted by Gasteiger charge is 2.22. The average Bonchev–Trinajstić information content (AvgIpc) is 2.80. The second kappa shape index (κ2) is 3.11. The molecule has 2 N–H and O–H groups in total. The van der Waals surface area contributed by atoms with Crippen LogP contribution >= 0.6 is 11.8 Å². The maximum atomic E-state index is 11.7. The fourth-order valence-corrected chi connectivity index (χ4v) is 2.91. The second-order valence-corrected chi connectivity index (χ2v) is 4.48. The standard InChI is InChI=1S/C9H7N3O3S/c13-8-5-2-16-3-6(5)12-7(11-8)4(1-10-12)9(14)15/h1H,2-3H2,(H,11,13)(H,14,15). The number of fused-ring (bicyclic) bond motifs is 3. The number of aromatic amines is 1. The Labute approximate surface area is 93.3 Å². The molecule has 3 rings (SSSR count). The highest BCUT2D eigenvalue weighted by Crippen LogP contribution is 2.27. The SMILES string of the molecule is O=C(O)c1cnn2c3c(c(=O)[nH]c12)CSC3. The zero-order chi connectivity index (χ0) is 11.3. The number of nitrogens with one attached hydrogen (secondary N) is 1. The van der Waals surface area contributed by atoms with E-state index < -0.39 is 5.97 Å². The lowest BCUT2D eigenvalue weighted by atomic mass is 10.2. The van der Waals surface area contributed by atoms with Gasteiger partial charge in [-0.3, -0.25) is 4.79 Å². The molecule has 0 saturated carbocycles. The van der Waals surface area contributed by atoms with Crippen LogP contribution in [0.2, 0.25) is 0 Å². The number of H-pyrrole nitrogens is 1. The van der Waals surface area contributed by atoms with Gasteiger partial charge in [0.1, 0.15) is 5.56 Å². The molecule has 3 heterocycles. The van der Waals surface area contributed by atoms with Crippen molar-refractivity contribution >= 4 is 23.4 Å². The molecule has 82 valence electrons. The van der Waals surface area contributed by atoms with Crippen LogP contribution in [0, 0.1) is 0 Å². The molecule has 0 radical (unpaired) electrons. The predicted octanol–water partition coefficient (Wildman–Crippen LogP) is 0.468. The van der Waals surface area contributed by atoms with Gasteiger partial charge in [0.05, 0.1) is 11.9 Å². The van der Waals surface area contributed by atoms with Crippen molar-refractivity contribution < 1.29 is 9.90 Å². The number of hydrogen-bond acceptors (Lipinski definition) is 4. The van der Waals surface area contributed by atoms with Crippen LogP contribution in [0.3, 0.4) is 0 Å². The minimum absolute atomic E-state index is 0.0248. The van der Waals surface area contributed by atoms with Crippen molar-refractivity contribution in [2.75, 3.05) is 0 Å². The number of aromatic nitrogens is 3. The topological polar surface area (TPSA) is 87.5 Å². The number of carboxylic acid groups (broad SMARTS) is 1. The van der Waals surface area contributed by atoms with Gasteiger partial charge in [0.15, 0.2) is 5.65 Å². The second-order valence-electron chi connectivity index (χ2n) is 3.50. The normalized spacial score (nSPS) is 14.2. The van der Waals surface area contributed by atoms with Gasteiger partial charge in [-0.2, -0.15) is 16.9 Å². The lowest BCUT2D eigenvalue weighted by molar-refractivity contribution is 0.0699. The first-order chi connectivity index (χ1) is 7.68. The molecule has 6 nitrogen and oxygen atoms in total. The number of aromatic carboxylic acids is 1. The van der Waals surface area contributed by atoms with Crippen LogP contribution in [0.1, 0.15) is 21.6 Å². The molecular formula is C9H7N3O3S. The van der Waals surface area contributed by atoms with E-state index in [1.807, 2.05) is 0 Å². The highest BCUT2D eigenvalue weighted by atomic mass is 32.2. The summed E-state index contributed by atoms with van der Waals surface area (Å²) in [6.45, 7) is 0. The summed E-state index contributed by atoms with van der Waals surface area (Å²) in [5, 5.41) is 12.9. The lowest BCUT2D eigenvalue weighted by Crippen LogP contribution is -2.17. The summed E-state index contributed by atoms with van der Waals surface area (Å²) in [7, 11) is 0. The first-order valence-corrected chi connectivity index (χ1v) is 5.77. The van der Waals surface area contributed by atoms with Gasteiger partial charge in [0.2, 0.25) is 0 Å². The first-order valence-electron chi connectivity index (χ1n) is 4.61. The number of hydrogen-bond donors (Lipinski definition) is 2. The van der Waals surface area contributed by atoms with Gasteiger partial charge in [0, 0.05) is 17.1 Å². The van der Waals surface area contributed by atoms with E-state index in [2.05, 4.69) is 10.1 Å². The Morgan fingerprint density at radius 2 is 2.38 bits per heavy atom. The Morgan fingerprint density at radius 1 is 1.56 bits per heavy atom. The van der Waals surface area contributed by atoms with E-state index >= 15 is 0 Å². The van der Waals surface area contributed by atoms with Crippen molar-refractivity contribution in [1.29, 1.82) is 0 Å². The summed E-state index contributed by atoms with van der Waals surface area (Å²) in [5.41, 5.74) is 1.57. The predicted molar refractivity (Wildman–Crippen MR) is 57.8 cm³/mol. The van der Waals surface area contributed by atoms with E-state index in [-0.39, 0.29) is 16.8 Å².